The van der Waals surface area contributed by atoms with E-state index in [1.54, 1.807) is 31.4 Å². The molecule has 0 amide bonds. The predicted molar refractivity (Wildman–Crippen MR) is 85.4 cm³/mol. The maximum atomic E-state index is 11.4. The van der Waals surface area contributed by atoms with Crippen LogP contribution >= 0.6 is 22.9 Å². The van der Waals surface area contributed by atoms with Crippen LogP contribution in [0, 0.1) is 0 Å². The summed E-state index contributed by atoms with van der Waals surface area (Å²) in [5.74, 6) is 1.47. The fourth-order valence-electron chi connectivity index (χ4n) is 2.03. The van der Waals surface area contributed by atoms with Crippen LogP contribution in [0.25, 0.3) is 10.4 Å². The van der Waals surface area contributed by atoms with E-state index < -0.39 is 0 Å². The third-order valence-corrected chi connectivity index (χ3v) is 4.41. The van der Waals surface area contributed by atoms with Crippen molar-refractivity contribution in [1.82, 2.24) is 0 Å². The molecule has 20 heavy (non-hydrogen) atoms. The Balaban J connectivity index is 2.32. The Labute approximate surface area is 128 Å². The summed E-state index contributed by atoms with van der Waals surface area (Å²) in [7, 11) is 1.63. The molecule has 4 heteroatoms. The van der Waals surface area contributed by atoms with Crippen molar-refractivity contribution in [3.05, 3.63) is 40.8 Å². The summed E-state index contributed by atoms with van der Waals surface area (Å²) in [6, 6.07) is 7.77. The topological polar surface area (TPSA) is 26.3 Å². The molecule has 0 aliphatic rings. The Kier molecular flexibility index (Phi) is 5.21. The number of methoxy groups -OCH3 is 1. The highest BCUT2D eigenvalue weighted by Crippen LogP contribution is 2.35. The van der Waals surface area contributed by atoms with Crippen LogP contribution in [0.2, 0.25) is 0 Å². The monoisotopic (exact) mass is 308 g/mol. The van der Waals surface area contributed by atoms with Gasteiger partial charge in [-0.2, -0.15) is 0 Å². The summed E-state index contributed by atoms with van der Waals surface area (Å²) in [4.78, 5) is 12.6. The number of carbonyl (C=O) groups is 1. The average Bonchev–Trinajstić information content (AvgIpc) is 2.92. The van der Waals surface area contributed by atoms with E-state index in [4.69, 9.17) is 16.3 Å². The molecule has 0 aliphatic carbocycles. The first-order valence-corrected chi connectivity index (χ1v) is 7.90. The third kappa shape index (κ3) is 3.41. The zero-order valence-electron chi connectivity index (χ0n) is 11.6. The van der Waals surface area contributed by atoms with E-state index in [-0.39, 0.29) is 5.78 Å². The number of rotatable bonds is 6. The molecule has 2 nitrogen and oxygen atoms in total. The van der Waals surface area contributed by atoms with Crippen molar-refractivity contribution < 1.29 is 9.53 Å². The van der Waals surface area contributed by atoms with Crippen LogP contribution in [0.1, 0.15) is 29.3 Å². The number of benzene rings is 1. The fraction of sp³-hybridized carbons (Fsp3) is 0.312. The number of thiophene rings is 1. The minimum Gasteiger partial charge on any atom is -0.496 e. The van der Waals surface area contributed by atoms with Crippen LogP contribution in [-0.2, 0) is 6.42 Å². The van der Waals surface area contributed by atoms with Gasteiger partial charge in [-0.3, -0.25) is 4.79 Å². The van der Waals surface area contributed by atoms with Gasteiger partial charge in [0.05, 0.1) is 7.11 Å². The van der Waals surface area contributed by atoms with Gasteiger partial charge in [-0.05, 0) is 48.9 Å². The van der Waals surface area contributed by atoms with Gasteiger partial charge in [0.1, 0.15) is 5.75 Å². The lowest BCUT2D eigenvalue weighted by atomic mass is 10.1. The van der Waals surface area contributed by atoms with Crippen LogP contribution in [0.3, 0.4) is 0 Å². The van der Waals surface area contributed by atoms with Gasteiger partial charge < -0.3 is 4.74 Å². The molecule has 1 aromatic carbocycles. The first-order valence-electron chi connectivity index (χ1n) is 6.48. The van der Waals surface area contributed by atoms with Crippen molar-refractivity contribution in [1.29, 1.82) is 0 Å². The minimum atomic E-state index is 0.0452. The summed E-state index contributed by atoms with van der Waals surface area (Å²) in [6.07, 6.45) is 1.98. The van der Waals surface area contributed by atoms with Gasteiger partial charge in [-0.15, -0.1) is 22.9 Å². The van der Waals surface area contributed by atoms with E-state index in [1.165, 1.54) is 5.56 Å². The lowest BCUT2D eigenvalue weighted by Crippen LogP contribution is -1.94. The Hall–Kier alpha value is -1.32. The molecule has 0 saturated heterocycles. The van der Waals surface area contributed by atoms with E-state index in [0.717, 1.165) is 29.0 Å². The molecule has 0 bridgehead atoms. The van der Waals surface area contributed by atoms with E-state index in [0.29, 0.717) is 11.4 Å². The van der Waals surface area contributed by atoms with Crippen LogP contribution in [-0.4, -0.2) is 18.8 Å². The Morgan fingerprint density at radius 1 is 1.35 bits per heavy atom. The molecule has 2 rings (SSSR count). The Morgan fingerprint density at radius 2 is 2.15 bits per heavy atom. The number of Topliss-reactive ketones (excluding diaryl/α,β-unsaturated/α-hetero) is 1. The second-order valence-corrected chi connectivity index (χ2v) is 5.87. The molecular weight excluding hydrogens is 292 g/mol. The van der Waals surface area contributed by atoms with Gasteiger partial charge in [0.2, 0.25) is 0 Å². The normalized spacial score (nSPS) is 10.6. The molecular formula is C16H17ClO2S. The molecule has 0 radical (unpaired) electrons. The Bertz CT molecular complexity index is 604. The molecule has 2 aromatic rings. The molecule has 0 atom stereocenters. The van der Waals surface area contributed by atoms with E-state index >= 15 is 0 Å². The number of carbonyl (C=O) groups excluding carboxylic acids is 1. The SMILES string of the molecule is COc1cc(C(C)=O)ccc1-c1cc(CCCCl)cs1. The number of alkyl halides is 1. The molecule has 1 heterocycles. The minimum absolute atomic E-state index is 0.0452. The first kappa shape index (κ1) is 15.1. The van der Waals surface area contributed by atoms with Gasteiger partial charge in [-0.1, -0.05) is 6.07 Å². The number of halogens is 1. The number of hydrogen-bond donors (Lipinski definition) is 0. The summed E-state index contributed by atoms with van der Waals surface area (Å²) in [6.45, 7) is 1.56. The van der Waals surface area contributed by atoms with E-state index in [2.05, 4.69) is 11.4 Å². The van der Waals surface area contributed by atoms with Crippen LogP contribution in [0.4, 0.5) is 0 Å². The van der Waals surface area contributed by atoms with Crippen LogP contribution in [0.5, 0.6) is 5.75 Å². The summed E-state index contributed by atoms with van der Waals surface area (Å²) < 4.78 is 5.41. The fourth-order valence-corrected chi connectivity index (χ4v) is 3.15. The van der Waals surface area contributed by atoms with Crippen molar-refractivity contribution in [3.63, 3.8) is 0 Å². The zero-order chi connectivity index (χ0) is 14.5. The van der Waals surface area contributed by atoms with Crippen molar-refractivity contribution in [2.75, 3.05) is 13.0 Å². The highest BCUT2D eigenvalue weighted by Gasteiger charge is 2.11. The predicted octanol–water partition coefficient (Wildman–Crippen LogP) is 4.80. The summed E-state index contributed by atoms with van der Waals surface area (Å²) >= 11 is 7.41. The Morgan fingerprint density at radius 3 is 2.80 bits per heavy atom. The van der Waals surface area contributed by atoms with Crippen molar-refractivity contribution in [3.8, 4) is 16.2 Å². The first-order chi connectivity index (χ1) is 9.65. The van der Waals surface area contributed by atoms with Crippen LogP contribution < -0.4 is 4.74 Å². The van der Waals surface area contributed by atoms with Gasteiger partial charge in [0.15, 0.2) is 5.78 Å². The lowest BCUT2D eigenvalue weighted by molar-refractivity contribution is 0.101. The molecule has 0 aliphatic heterocycles. The molecule has 106 valence electrons. The molecule has 0 spiro atoms. The van der Waals surface area contributed by atoms with Crippen molar-refractivity contribution >= 4 is 28.7 Å². The van der Waals surface area contributed by atoms with Crippen molar-refractivity contribution in [2.45, 2.75) is 19.8 Å². The standard InChI is InChI=1S/C16H17ClO2S/c1-11(18)13-5-6-14(15(9-13)19-2)16-8-12(10-20-16)4-3-7-17/h5-6,8-10H,3-4,7H2,1-2H3. The number of ether oxygens (including phenoxy) is 1. The second kappa shape index (κ2) is 6.91. The largest absolute Gasteiger partial charge is 0.496 e. The smallest absolute Gasteiger partial charge is 0.159 e. The zero-order valence-corrected chi connectivity index (χ0v) is 13.2. The van der Waals surface area contributed by atoms with Crippen molar-refractivity contribution in [2.24, 2.45) is 0 Å². The summed E-state index contributed by atoms with van der Waals surface area (Å²) in [5.41, 5.74) is 2.99. The summed E-state index contributed by atoms with van der Waals surface area (Å²) in [5, 5.41) is 2.15. The number of hydrogen-bond acceptors (Lipinski definition) is 3. The van der Waals surface area contributed by atoms with Gasteiger partial charge in [0.25, 0.3) is 0 Å². The second-order valence-electron chi connectivity index (χ2n) is 4.58. The molecule has 1 aromatic heterocycles. The average molecular weight is 309 g/mol. The number of ketones is 1. The van der Waals surface area contributed by atoms with E-state index in [1.807, 2.05) is 12.1 Å². The quantitative estimate of drug-likeness (QED) is 0.566. The van der Waals surface area contributed by atoms with Gasteiger partial charge in [0, 0.05) is 21.9 Å². The highest BCUT2D eigenvalue weighted by atomic mass is 35.5. The maximum absolute atomic E-state index is 11.4. The number of aryl methyl sites for hydroxylation is 1. The van der Waals surface area contributed by atoms with Gasteiger partial charge >= 0.3 is 0 Å². The molecule has 0 fully saturated rings. The van der Waals surface area contributed by atoms with Crippen LogP contribution in [0.15, 0.2) is 29.6 Å². The maximum Gasteiger partial charge on any atom is 0.159 e. The lowest BCUT2D eigenvalue weighted by Gasteiger charge is -2.08. The highest BCUT2D eigenvalue weighted by molar-refractivity contribution is 7.13. The third-order valence-electron chi connectivity index (χ3n) is 3.13. The van der Waals surface area contributed by atoms with Gasteiger partial charge in [-0.25, -0.2) is 0 Å². The molecule has 0 unspecified atom stereocenters. The molecule has 0 saturated carbocycles. The molecule has 0 N–H and O–H groups in total. The van der Waals surface area contributed by atoms with E-state index in [9.17, 15) is 4.79 Å².